The monoisotopic (exact) mass is 307 g/mol. The molecule has 21 heavy (non-hydrogen) atoms. The summed E-state index contributed by atoms with van der Waals surface area (Å²) in [7, 11) is 1.71. The van der Waals surface area contributed by atoms with Crippen molar-refractivity contribution in [3.05, 3.63) is 22.7 Å². The molecule has 0 amide bonds. The number of aryl methyl sites for hydroxylation is 1. The molecule has 2 aliphatic rings. The quantitative estimate of drug-likeness (QED) is 0.820. The molecule has 0 radical (unpaired) electrons. The minimum Gasteiger partial charge on any atom is -0.495 e. The van der Waals surface area contributed by atoms with E-state index in [1.54, 1.807) is 7.11 Å². The summed E-state index contributed by atoms with van der Waals surface area (Å²) in [5.41, 5.74) is 2.88. The van der Waals surface area contributed by atoms with E-state index in [4.69, 9.17) is 16.3 Å². The number of hydrogen-bond donors (Lipinski definition) is 1. The fourth-order valence-electron chi connectivity index (χ4n) is 4.76. The topological polar surface area (TPSA) is 21.3 Å². The third-order valence-corrected chi connectivity index (χ3v) is 6.46. The normalized spacial score (nSPS) is 33.2. The first kappa shape index (κ1) is 15.0. The van der Waals surface area contributed by atoms with Crippen LogP contribution in [0, 0.1) is 23.7 Å². The number of nitrogens with one attached hydrogen (secondary N) is 1. The van der Waals surface area contributed by atoms with Gasteiger partial charge in [0.15, 0.2) is 0 Å². The number of methoxy groups -OCH3 is 1. The minimum absolute atomic E-state index is 0.325. The molecule has 0 spiro atoms. The number of fused-ring (bicyclic) bond motifs is 2. The molecule has 1 N–H and O–H groups in total. The van der Waals surface area contributed by atoms with Crippen molar-refractivity contribution in [1.29, 1.82) is 0 Å². The Bertz CT molecular complexity index is 564. The molecule has 0 heterocycles. The van der Waals surface area contributed by atoms with Crippen molar-refractivity contribution in [3.63, 3.8) is 0 Å². The van der Waals surface area contributed by atoms with Gasteiger partial charge in [0, 0.05) is 17.1 Å². The number of anilines is 1. The van der Waals surface area contributed by atoms with Gasteiger partial charge in [-0.3, -0.25) is 0 Å². The summed E-state index contributed by atoms with van der Waals surface area (Å²) in [5.74, 6) is 1.67. The molecule has 1 aromatic carbocycles. The Morgan fingerprint density at radius 3 is 2.57 bits per heavy atom. The average molecular weight is 308 g/mol. The summed E-state index contributed by atoms with van der Waals surface area (Å²) in [6.07, 6.45) is 4.04. The lowest BCUT2D eigenvalue weighted by molar-refractivity contribution is 0.155. The highest BCUT2D eigenvalue weighted by molar-refractivity contribution is 6.31. The second-order valence-corrected chi connectivity index (χ2v) is 8.20. The van der Waals surface area contributed by atoms with Crippen LogP contribution in [0.3, 0.4) is 0 Å². The lowest BCUT2D eigenvalue weighted by Crippen LogP contribution is -2.45. The summed E-state index contributed by atoms with van der Waals surface area (Å²) >= 11 is 6.22. The molecule has 3 unspecified atom stereocenters. The maximum atomic E-state index is 6.22. The lowest BCUT2D eigenvalue weighted by atomic mass is 9.68. The molecule has 0 aliphatic heterocycles. The van der Waals surface area contributed by atoms with Gasteiger partial charge < -0.3 is 10.1 Å². The number of benzene rings is 1. The van der Waals surface area contributed by atoms with Crippen LogP contribution in [-0.4, -0.2) is 13.2 Å². The molecule has 3 rings (SSSR count). The third kappa shape index (κ3) is 2.23. The van der Waals surface area contributed by atoms with E-state index in [0.717, 1.165) is 27.9 Å². The van der Waals surface area contributed by atoms with Gasteiger partial charge >= 0.3 is 0 Å². The van der Waals surface area contributed by atoms with Gasteiger partial charge in [-0.15, -0.1) is 0 Å². The van der Waals surface area contributed by atoms with E-state index < -0.39 is 0 Å². The van der Waals surface area contributed by atoms with Gasteiger partial charge in [-0.2, -0.15) is 0 Å². The molecule has 1 aromatic rings. The van der Waals surface area contributed by atoms with Crippen LogP contribution < -0.4 is 10.1 Å². The predicted octanol–water partition coefficient (Wildman–Crippen LogP) is 5.28. The Kier molecular flexibility index (Phi) is 3.44. The molecule has 0 aromatic heterocycles. The van der Waals surface area contributed by atoms with E-state index in [1.807, 2.05) is 13.0 Å². The van der Waals surface area contributed by atoms with Gasteiger partial charge in [-0.25, -0.2) is 0 Å². The van der Waals surface area contributed by atoms with E-state index >= 15 is 0 Å². The van der Waals surface area contributed by atoms with E-state index in [2.05, 4.69) is 32.2 Å². The van der Waals surface area contributed by atoms with Crippen LogP contribution >= 0.6 is 11.6 Å². The first-order valence-corrected chi connectivity index (χ1v) is 8.26. The molecular weight excluding hydrogens is 282 g/mol. The Hall–Kier alpha value is -0.890. The molecule has 116 valence electrons. The van der Waals surface area contributed by atoms with Crippen LogP contribution in [0.25, 0.3) is 0 Å². The minimum atomic E-state index is 0.325. The van der Waals surface area contributed by atoms with Crippen molar-refractivity contribution >= 4 is 17.3 Å². The fraction of sp³-hybridized carbons (Fsp3) is 0.667. The zero-order chi connectivity index (χ0) is 15.4. The highest BCUT2D eigenvalue weighted by Gasteiger charge is 2.59. The van der Waals surface area contributed by atoms with E-state index in [1.165, 1.54) is 19.3 Å². The van der Waals surface area contributed by atoms with Crippen LogP contribution in [-0.2, 0) is 0 Å². The van der Waals surface area contributed by atoms with Gasteiger partial charge in [0.1, 0.15) is 5.75 Å². The summed E-state index contributed by atoms with van der Waals surface area (Å²) in [6.45, 7) is 9.30. The molecule has 0 saturated heterocycles. The van der Waals surface area contributed by atoms with Crippen molar-refractivity contribution in [1.82, 2.24) is 0 Å². The van der Waals surface area contributed by atoms with Crippen molar-refractivity contribution in [2.75, 3.05) is 12.4 Å². The lowest BCUT2D eigenvalue weighted by Gasteiger charge is -2.43. The molecule has 2 saturated carbocycles. The molecule has 2 nitrogen and oxygen atoms in total. The summed E-state index contributed by atoms with van der Waals surface area (Å²) in [5, 5.41) is 4.57. The number of halogens is 1. The van der Waals surface area contributed by atoms with Crippen molar-refractivity contribution in [3.8, 4) is 5.75 Å². The van der Waals surface area contributed by atoms with Crippen LogP contribution in [0.4, 0.5) is 5.69 Å². The molecule has 2 bridgehead atoms. The van der Waals surface area contributed by atoms with Gasteiger partial charge in [0.05, 0.1) is 12.8 Å². The smallest absolute Gasteiger partial charge is 0.143 e. The van der Waals surface area contributed by atoms with Crippen LogP contribution in [0.15, 0.2) is 12.1 Å². The highest BCUT2D eigenvalue weighted by Crippen LogP contribution is 2.63. The van der Waals surface area contributed by atoms with Crippen LogP contribution in [0.5, 0.6) is 5.75 Å². The zero-order valence-corrected chi connectivity index (χ0v) is 14.5. The maximum Gasteiger partial charge on any atom is 0.143 e. The first-order chi connectivity index (χ1) is 9.78. The Morgan fingerprint density at radius 2 is 2.00 bits per heavy atom. The summed E-state index contributed by atoms with van der Waals surface area (Å²) in [6, 6.07) is 4.52. The SMILES string of the molecule is COc1cc(Cl)c(C)cc1NC1C2(C)CCC(C2)C1(C)C. The van der Waals surface area contributed by atoms with Gasteiger partial charge in [-0.1, -0.05) is 32.4 Å². The summed E-state index contributed by atoms with van der Waals surface area (Å²) in [4.78, 5) is 0. The predicted molar refractivity (Wildman–Crippen MR) is 89.4 cm³/mol. The molecule has 2 fully saturated rings. The average Bonchev–Trinajstić information content (AvgIpc) is 2.89. The Balaban J connectivity index is 1.95. The molecule has 3 atom stereocenters. The Labute approximate surface area is 133 Å². The largest absolute Gasteiger partial charge is 0.495 e. The van der Waals surface area contributed by atoms with E-state index in [9.17, 15) is 0 Å². The Morgan fingerprint density at radius 1 is 1.29 bits per heavy atom. The standard InChI is InChI=1S/C18H26ClNO/c1-11-8-14(15(21-5)9-13(11)19)20-16-17(2,3)12-6-7-18(16,4)10-12/h8-9,12,16,20H,6-7,10H2,1-5H3. The molecule has 2 aliphatic carbocycles. The first-order valence-electron chi connectivity index (χ1n) is 7.88. The van der Waals surface area contributed by atoms with Crippen molar-refractivity contribution < 1.29 is 4.74 Å². The van der Waals surface area contributed by atoms with Crippen molar-refractivity contribution in [2.45, 2.75) is 53.0 Å². The molecular formula is C18H26ClNO. The van der Waals surface area contributed by atoms with Crippen LogP contribution in [0.2, 0.25) is 5.02 Å². The van der Waals surface area contributed by atoms with Gasteiger partial charge in [-0.05, 0) is 54.6 Å². The molecule has 3 heteroatoms. The number of rotatable bonds is 3. The number of ether oxygens (including phenoxy) is 1. The van der Waals surface area contributed by atoms with Gasteiger partial charge in [0.25, 0.3) is 0 Å². The maximum absolute atomic E-state index is 6.22. The second kappa shape index (κ2) is 4.81. The fourth-order valence-corrected chi connectivity index (χ4v) is 4.92. The third-order valence-electron chi connectivity index (χ3n) is 6.05. The van der Waals surface area contributed by atoms with E-state index in [-0.39, 0.29) is 0 Å². The van der Waals surface area contributed by atoms with E-state index in [0.29, 0.717) is 16.9 Å². The summed E-state index contributed by atoms with van der Waals surface area (Å²) < 4.78 is 5.53. The second-order valence-electron chi connectivity index (χ2n) is 7.79. The highest BCUT2D eigenvalue weighted by atomic mass is 35.5. The van der Waals surface area contributed by atoms with Gasteiger partial charge in [0.2, 0.25) is 0 Å². The number of hydrogen-bond acceptors (Lipinski definition) is 2. The van der Waals surface area contributed by atoms with Crippen LogP contribution in [0.1, 0.15) is 45.6 Å². The zero-order valence-electron chi connectivity index (χ0n) is 13.7. The van der Waals surface area contributed by atoms with Crippen molar-refractivity contribution in [2.24, 2.45) is 16.7 Å².